The van der Waals surface area contributed by atoms with Gasteiger partial charge >= 0.3 is 5.69 Å². The summed E-state index contributed by atoms with van der Waals surface area (Å²) in [5.41, 5.74) is 0.206. The van der Waals surface area contributed by atoms with Crippen molar-refractivity contribution in [1.82, 2.24) is 29.3 Å². The molecule has 0 atom stereocenters. The van der Waals surface area contributed by atoms with E-state index in [0.717, 1.165) is 0 Å². The first-order chi connectivity index (χ1) is 8.56. The van der Waals surface area contributed by atoms with Gasteiger partial charge in [-0.1, -0.05) is 0 Å². The van der Waals surface area contributed by atoms with Gasteiger partial charge in [-0.25, -0.2) is 9.78 Å². The summed E-state index contributed by atoms with van der Waals surface area (Å²) < 4.78 is 2.91. The number of aromatic amines is 2. The Morgan fingerprint density at radius 3 is 2.67 bits per heavy atom. The molecular weight excluding hydrogens is 236 g/mol. The Balaban J connectivity index is 2.35. The highest BCUT2D eigenvalue weighted by atomic mass is 16.2. The minimum atomic E-state index is -0.494. The van der Waals surface area contributed by atoms with Crippen molar-refractivity contribution >= 4 is 11.2 Å². The van der Waals surface area contributed by atoms with Gasteiger partial charge in [-0.15, -0.1) is 0 Å². The van der Waals surface area contributed by atoms with E-state index in [1.807, 2.05) is 0 Å². The van der Waals surface area contributed by atoms with Crippen LogP contribution >= 0.6 is 0 Å². The summed E-state index contributed by atoms with van der Waals surface area (Å²) in [6.07, 6.45) is 1.77. The second kappa shape index (κ2) is 3.42. The molecule has 0 bridgehead atoms. The number of aryl methyl sites for hydroxylation is 2. The molecule has 0 aliphatic rings. The molecule has 3 aromatic heterocycles. The van der Waals surface area contributed by atoms with Crippen molar-refractivity contribution in [2.24, 2.45) is 14.1 Å². The molecule has 8 heteroatoms. The summed E-state index contributed by atoms with van der Waals surface area (Å²) in [6, 6.07) is 1.77. The Kier molecular flexibility index (Phi) is 2.00. The number of nitrogens with zero attached hydrogens (tertiary/aromatic N) is 4. The van der Waals surface area contributed by atoms with Crippen LogP contribution in [0.1, 0.15) is 0 Å². The molecule has 3 aromatic rings. The Bertz CT molecular complexity index is 849. The van der Waals surface area contributed by atoms with E-state index in [1.54, 1.807) is 31.0 Å². The number of nitrogens with one attached hydrogen (secondary N) is 2. The third-order valence-electron chi connectivity index (χ3n) is 2.71. The number of hydrogen-bond donors (Lipinski definition) is 2. The molecule has 0 amide bonds. The number of hydrogen-bond acceptors (Lipinski definition) is 4. The topological polar surface area (TPSA) is 101 Å². The van der Waals surface area contributed by atoms with Crippen LogP contribution in [0.4, 0.5) is 0 Å². The average Bonchev–Trinajstić information content (AvgIpc) is 2.92. The van der Waals surface area contributed by atoms with Gasteiger partial charge in [0.05, 0.1) is 0 Å². The maximum Gasteiger partial charge on any atom is 0.329 e. The van der Waals surface area contributed by atoms with E-state index in [1.165, 1.54) is 4.57 Å². The molecule has 0 unspecified atom stereocenters. The van der Waals surface area contributed by atoms with Crippen LogP contribution in [-0.2, 0) is 14.1 Å². The molecule has 0 radical (unpaired) electrons. The van der Waals surface area contributed by atoms with Crippen LogP contribution in [0.5, 0.6) is 0 Å². The molecule has 0 saturated carbocycles. The van der Waals surface area contributed by atoms with Gasteiger partial charge in [0.1, 0.15) is 11.2 Å². The van der Waals surface area contributed by atoms with Gasteiger partial charge in [0.15, 0.2) is 11.5 Å². The standard InChI is InChI=1S/C10H10N6O2/c1-15-4-3-5(14-15)7-11-6-8(12-7)16(2)10(18)13-9(6)17/h3-4H,1-2H3,(H,11,12)(H,13,17,18). The Morgan fingerprint density at radius 2 is 2.00 bits per heavy atom. The van der Waals surface area contributed by atoms with E-state index in [9.17, 15) is 9.59 Å². The minimum Gasteiger partial charge on any atom is -0.331 e. The molecule has 0 aromatic carbocycles. The van der Waals surface area contributed by atoms with E-state index in [-0.39, 0.29) is 5.52 Å². The summed E-state index contributed by atoms with van der Waals surface area (Å²) in [4.78, 5) is 32.4. The van der Waals surface area contributed by atoms with E-state index in [2.05, 4.69) is 20.1 Å². The molecule has 0 saturated heterocycles. The Labute approximate surface area is 99.9 Å². The number of aromatic nitrogens is 6. The second-order valence-corrected chi connectivity index (χ2v) is 3.98. The first-order valence-corrected chi connectivity index (χ1v) is 5.25. The van der Waals surface area contributed by atoms with Crippen LogP contribution in [-0.4, -0.2) is 29.3 Å². The zero-order valence-corrected chi connectivity index (χ0v) is 9.76. The minimum absolute atomic E-state index is 0.262. The molecule has 8 nitrogen and oxygen atoms in total. The van der Waals surface area contributed by atoms with Crippen molar-refractivity contribution in [2.75, 3.05) is 0 Å². The lowest BCUT2D eigenvalue weighted by molar-refractivity contribution is 0.769. The number of fused-ring (bicyclic) bond motifs is 1. The van der Waals surface area contributed by atoms with Gasteiger partial charge in [-0.3, -0.25) is 19.0 Å². The van der Waals surface area contributed by atoms with Crippen molar-refractivity contribution in [3.8, 4) is 11.5 Å². The lowest BCUT2D eigenvalue weighted by atomic mass is 10.4. The number of rotatable bonds is 1. The van der Waals surface area contributed by atoms with E-state index < -0.39 is 11.2 Å². The SMILES string of the molecule is Cn1ccc(-c2nc3c([nH]2)c(=O)[nH]c(=O)n3C)n1. The Morgan fingerprint density at radius 1 is 1.22 bits per heavy atom. The fourth-order valence-electron chi connectivity index (χ4n) is 1.77. The third-order valence-corrected chi connectivity index (χ3v) is 2.71. The summed E-state index contributed by atoms with van der Waals surface area (Å²) in [5.74, 6) is 0.456. The van der Waals surface area contributed by atoms with Crippen LogP contribution < -0.4 is 11.2 Å². The molecule has 18 heavy (non-hydrogen) atoms. The molecule has 0 fully saturated rings. The maximum atomic E-state index is 11.6. The van der Waals surface area contributed by atoms with Gasteiger partial charge < -0.3 is 4.98 Å². The smallest absolute Gasteiger partial charge is 0.329 e. The van der Waals surface area contributed by atoms with Crippen LogP contribution in [0.2, 0.25) is 0 Å². The summed E-state index contributed by atoms with van der Waals surface area (Å²) in [6.45, 7) is 0. The van der Waals surface area contributed by atoms with Crippen molar-refractivity contribution in [1.29, 1.82) is 0 Å². The van der Waals surface area contributed by atoms with Gasteiger partial charge in [0, 0.05) is 20.3 Å². The zero-order chi connectivity index (χ0) is 12.9. The van der Waals surface area contributed by atoms with Gasteiger partial charge in [0.25, 0.3) is 5.56 Å². The van der Waals surface area contributed by atoms with Crippen molar-refractivity contribution in [3.63, 3.8) is 0 Å². The van der Waals surface area contributed by atoms with Crippen molar-refractivity contribution in [3.05, 3.63) is 33.1 Å². The molecule has 0 spiro atoms. The predicted molar refractivity (Wildman–Crippen MR) is 64.2 cm³/mol. The summed E-state index contributed by atoms with van der Waals surface area (Å²) in [5, 5.41) is 4.18. The highest BCUT2D eigenvalue weighted by Crippen LogP contribution is 2.14. The average molecular weight is 246 g/mol. The molecular formula is C10H10N6O2. The first kappa shape index (κ1) is 10.5. The molecule has 0 aliphatic heterocycles. The molecule has 92 valence electrons. The van der Waals surface area contributed by atoms with Gasteiger partial charge in [0.2, 0.25) is 0 Å². The van der Waals surface area contributed by atoms with Crippen LogP contribution in [0.25, 0.3) is 22.7 Å². The normalized spacial score (nSPS) is 11.2. The lowest BCUT2D eigenvalue weighted by Gasteiger charge is -1.94. The summed E-state index contributed by atoms with van der Waals surface area (Å²) in [7, 11) is 3.33. The lowest BCUT2D eigenvalue weighted by Crippen LogP contribution is -2.28. The first-order valence-electron chi connectivity index (χ1n) is 5.25. The van der Waals surface area contributed by atoms with E-state index >= 15 is 0 Å². The van der Waals surface area contributed by atoms with Gasteiger partial charge in [-0.05, 0) is 6.07 Å². The van der Waals surface area contributed by atoms with Crippen molar-refractivity contribution in [2.45, 2.75) is 0 Å². The largest absolute Gasteiger partial charge is 0.331 e. The van der Waals surface area contributed by atoms with Crippen LogP contribution in [0, 0.1) is 0 Å². The summed E-state index contributed by atoms with van der Waals surface area (Å²) >= 11 is 0. The maximum absolute atomic E-state index is 11.6. The quantitative estimate of drug-likeness (QED) is 0.595. The fourth-order valence-corrected chi connectivity index (χ4v) is 1.77. The molecule has 2 N–H and O–H groups in total. The number of H-pyrrole nitrogens is 2. The monoisotopic (exact) mass is 246 g/mol. The predicted octanol–water partition coefficient (Wildman–Crippen LogP) is -0.650. The van der Waals surface area contributed by atoms with E-state index in [0.29, 0.717) is 17.2 Å². The van der Waals surface area contributed by atoms with Gasteiger partial charge in [-0.2, -0.15) is 5.10 Å². The third kappa shape index (κ3) is 1.39. The molecule has 3 heterocycles. The number of imidazole rings is 1. The second-order valence-electron chi connectivity index (χ2n) is 3.98. The Hall–Kier alpha value is -2.64. The van der Waals surface area contributed by atoms with Crippen LogP contribution in [0.3, 0.4) is 0 Å². The fraction of sp³-hybridized carbons (Fsp3) is 0.200. The highest BCUT2D eigenvalue weighted by Gasteiger charge is 2.13. The van der Waals surface area contributed by atoms with Crippen molar-refractivity contribution < 1.29 is 0 Å². The van der Waals surface area contributed by atoms with Crippen LogP contribution in [0.15, 0.2) is 21.9 Å². The molecule has 0 aliphatic carbocycles. The molecule has 3 rings (SSSR count). The van der Waals surface area contributed by atoms with E-state index in [4.69, 9.17) is 0 Å². The highest BCUT2D eigenvalue weighted by molar-refractivity contribution is 5.74. The zero-order valence-electron chi connectivity index (χ0n) is 9.76.